The van der Waals surface area contributed by atoms with E-state index in [1.54, 1.807) is 6.92 Å². The second-order valence-corrected chi connectivity index (χ2v) is 4.65. The van der Waals surface area contributed by atoms with Crippen molar-refractivity contribution in [2.45, 2.75) is 25.8 Å². The van der Waals surface area contributed by atoms with Gasteiger partial charge in [0.1, 0.15) is 11.6 Å². The van der Waals surface area contributed by atoms with Crippen LogP contribution < -0.4 is 10.1 Å². The number of hydrogen-bond donors (Lipinski definition) is 1. The van der Waals surface area contributed by atoms with Crippen LogP contribution in [0.1, 0.15) is 18.4 Å². The van der Waals surface area contributed by atoms with Gasteiger partial charge in [-0.25, -0.2) is 4.39 Å². The minimum atomic E-state index is -0.309. The molecule has 5 heteroatoms. The Kier molecular flexibility index (Phi) is 4.74. The maximum absolute atomic E-state index is 12.9. The quantitative estimate of drug-likeness (QED) is 0.905. The lowest BCUT2D eigenvalue weighted by Crippen LogP contribution is -2.41. The molecule has 1 amide bonds. The van der Waals surface area contributed by atoms with Gasteiger partial charge in [-0.2, -0.15) is 0 Å². The van der Waals surface area contributed by atoms with Crippen molar-refractivity contribution >= 4 is 5.91 Å². The van der Waals surface area contributed by atoms with Crippen LogP contribution in [0.2, 0.25) is 0 Å². The normalized spacial score (nSPS) is 16.1. The van der Waals surface area contributed by atoms with Crippen molar-refractivity contribution in [3.8, 4) is 5.75 Å². The molecule has 1 N–H and O–H groups in total. The maximum atomic E-state index is 12.9. The molecule has 0 aromatic heterocycles. The number of ether oxygens (including phenoxy) is 2. The summed E-state index contributed by atoms with van der Waals surface area (Å²) in [6.45, 7) is 3.06. The second-order valence-electron chi connectivity index (χ2n) is 4.65. The fourth-order valence-corrected chi connectivity index (χ4v) is 2.03. The van der Waals surface area contributed by atoms with Gasteiger partial charge in [0, 0.05) is 19.3 Å². The summed E-state index contributed by atoms with van der Waals surface area (Å²) in [5.41, 5.74) is 0.680. The van der Waals surface area contributed by atoms with Gasteiger partial charge in [0.25, 0.3) is 5.91 Å². The lowest BCUT2D eigenvalue weighted by Gasteiger charge is -2.23. The summed E-state index contributed by atoms with van der Waals surface area (Å²) in [5, 5.41) is 2.90. The summed E-state index contributed by atoms with van der Waals surface area (Å²) in [7, 11) is 0. The van der Waals surface area contributed by atoms with Gasteiger partial charge < -0.3 is 14.8 Å². The van der Waals surface area contributed by atoms with Crippen molar-refractivity contribution < 1.29 is 18.7 Å². The van der Waals surface area contributed by atoms with Crippen molar-refractivity contribution in [2.75, 3.05) is 19.8 Å². The number of halogens is 1. The fourth-order valence-electron chi connectivity index (χ4n) is 2.03. The molecule has 1 aromatic carbocycles. The molecule has 104 valence electrons. The van der Waals surface area contributed by atoms with E-state index in [0.29, 0.717) is 24.5 Å². The van der Waals surface area contributed by atoms with Crippen molar-refractivity contribution in [3.05, 3.63) is 29.6 Å². The van der Waals surface area contributed by atoms with E-state index in [2.05, 4.69) is 5.32 Å². The first-order chi connectivity index (χ1) is 9.15. The van der Waals surface area contributed by atoms with Gasteiger partial charge in [0.2, 0.25) is 0 Å². The van der Waals surface area contributed by atoms with E-state index >= 15 is 0 Å². The highest BCUT2D eigenvalue weighted by Gasteiger charge is 2.16. The van der Waals surface area contributed by atoms with Gasteiger partial charge >= 0.3 is 0 Å². The number of carbonyl (C=O) groups excluding carboxylic acids is 1. The molecule has 0 atom stereocenters. The van der Waals surface area contributed by atoms with Crippen LogP contribution in [0, 0.1) is 12.7 Å². The van der Waals surface area contributed by atoms with Gasteiger partial charge in [-0.15, -0.1) is 0 Å². The molecule has 1 aliphatic heterocycles. The molecule has 1 heterocycles. The zero-order valence-electron chi connectivity index (χ0n) is 10.9. The highest BCUT2D eigenvalue weighted by molar-refractivity contribution is 5.77. The van der Waals surface area contributed by atoms with Gasteiger partial charge in [-0.3, -0.25) is 4.79 Å². The zero-order valence-corrected chi connectivity index (χ0v) is 10.9. The van der Waals surface area contributed by atoms with Crippen molar-refractivity contribution in [1.29, 1.82) is 0 Å². The van der Waals surface area contributed by atoms with Gasteiger partial charge in [0.05, 0.1) is 0 Å². The van der Waals surface area contributed by atoms with E-state index in [4.69, 9.17) is 9.47 Å². The Morgan fingerprint density at radius 1 is 1.47 bits per heavy atom. The Balaban J connectivity index is 1.79. The number of aryl methyl sites for hydroxylation is 1. The first kappa shape index (κ1) is 13.8. The highest BCUT2D eigenvalue weighted by atomic mass is 19.1. The van der Waals surface area contributed by atoms with Crippen molar-refractivity contribution in [2.24, 2.45) is 0 Å². The lowest BCUT2D eigenvalue weighted by molar-refractivity contribution is -0.124. The molecule has 2 rings (SSSR count). The molecule has 1 aromatic rings. The summed E-state index contributed by atoms with van der Waals surface area (Å²) in [5.74, 6) is 0.0654. The largest absolute Gasteiger partial charge is 0.484 e. The first-order valence-corrected chi connectivity index (χ1v) is 6.41. The van der Waals surface area contributed by atoms with E-state index in [1.165, 1.54) is 18.2 Å². The van der Waals surface area contributed by atoms with Crippen molar-refractivity contribution in [3.63, 3.8) is 0 Å². The minimum Gasteiger partial charge on any atom is -0.484 e. The molecule has 1 aliphatic rings. The molecule has 0 saturated carbocycles. The van der Waals surface area contributed by atoms with Crippen LogP contribution >= 0.6 is 0 Å². The third-order valence-corrected chi connectivity index (χ3v) is 3.08. The molecule has 0 aliphatic carbocycles. The Morgan fingerprint density at radius 3 is 2.89 bits per heavy atom. The van der Waals surface area contributed by atoms with E-state index in [0.717, 1.165) is 12.8 Å². The SMILES string of the molecule is Cc1cc(F)ccc1OCC(=O)NC1CCOCC1. The van der Waals surface area contributed by atoms with Crippen LogP contribution in [0.3, 0.4) is 0 Å². The molecule has 0 bridgehead atoms. The Morgan fingerprint density at radius 2 is 2.21 bits per heavy atom. The van der Waals surface area contributed by atoms with Crippen LogP contribution in [0.4, 0.5) is 4.39 Å². The number of nitrogens with one attached hydrogen (secondary N) is 1. The molecule has 4 nitrogen and oxygen atoms in total. The van der Waals surface area contributed by atoms with E-state index in [-0.39, 0.29) is 24.4 Å². The fraction of sp³-hybridized carbons (Fsp3) is 0.500. The number of amides is 1. The van der Waals surface area contributed by atoms with Gasteiger partial charge in [-0.1, -0.05) is 0 Å². The predicted octanol–water partition coefficient (Wildman–Crippen LogP) is 1.81. The van der Waals surface area contributed by atoms with Gasteiger partial charge in [0.15, 0.2) is 6.61 Å². The van der Waals surface area contributed by atoms with Crippen LogP contribution in [-0.2, 0) is 9.53 Å². The molecular weight excluding hydrogens is 249 g/mol. The zero-order chi connectivity index (χ0) is 13.7. The number of hydrogen-bond acceptors (Lipinski definition) is 3. The average molecular weight is 267 g/mol. The summed E-state index contributed by atoms with van der Waals surface area (Å²) in [6.07, 6.45) is 1.67. The maximum Gasteiger partial charge on any atom is 0.258 e. The van der Waals surface area contributed by atoms with E-state index in [1.807, 2.05) is 0 Å². The van der Waals surface area contributed by atoms with Crippen LogP contribution in [0.25, 0.3) is 0 Å². The Hall–Kier alpha value is -1.62. The molecule has 0 unspecified atom stereocenters. The first-order valence-electron chi connectivity index (χ1n) is 6.41. The third kappa shape index (κ3) is 4.21. The topological polar surface area (TPSA) is 47.6 Å². The highest BCUT2D eigenvalue weighted by Crippen LogP contribution is 2.18. The minimum absolute atomic E-state index is 0.0518. The molecule has 0 radical (unpaired) electrons. The van der Waals surface area contributed by atoms with Crippen LogP contribution in [0.15, 0.2) is 18.2 Å². The average Bonchev–Trinajstić information content (AvgIpc) is 2.39. The Bertz CT molecular complexity index is 444. The molecule has 19 heavy (non-hydrogen) atoms. The summed E-state index contributed by atoms with van der Waals surface area (Å²) in [6, 6.07) is 4.40. The van der Waals surface area contributed by atoms with Crippen LogP contribution in [0.5, 0.6) is 5.75 Å². The number of carbonyl (C=O) groups is 1. The summed E-state index contributed by atoms with van der Waals surface area (Å²) >= 11 is 0. The van der Waals surface area contributed by atoms with E-state index in [9.17, 15) is 9.18 Å². The number of rotatable bonds is 4. The standard InChI is InChI=1S/C14H18FNO3/c1-10-8-11(15)2-3-13(10)19-9-14(17)16-12-4-6-18-7-5-12/h2-3,8,12H,4-7,9H2,1H3,(H,16,17). The molecular formula is C14H18FNO3. The predicted molar refractivity (Wildman–Crippen MR) is 68.6 cm³/mol. The second kappa shape index (κ2) is 6.52. The van der Waals surface area contributed by atoms with E-state index < -0.39 is 0 Å². The smallest absolute Gasteiger partial charge is 0.258 e. The molecule has 1 saturated heterocycles. The molecule has 1 fully saturated rings. The van der Waals surface area contributed by atoms with Crippen LogP contribution in [-0.4, -0.2) is 31.8 Å². The summed E-state index contributed by atoms with van der Waals surface area (Å²) < 4.78 is 23.5. The Labute approximate surface area is 111 Å². The molecule has 0 spiro atoms. The monoisotopic (exact) mass is 267 g/mol. The third-order valence-electron chi connectivity index (χ3n) is 3.08. The van der Waals surface area contributed by atoms with Gasteiger partial charge in [-0.05, 0) is 43.5 Å². The summed E-state index contributed by atoms with van der Waals surface area (Å²) in [4.78, 5) is 11.7. The van der Waals surface area contributed by atoms with Crippen molar-refractivity contribution in [1.82, 2.24) is 5.32 Å². The lowest BCUT2D eigenvalue weighted by atomic mass is 10.1. The number of benzene rings is 1.